The minimum Gasteiger partial charge on any atom is -0.497 e. The Morgan fingerprint density at radius 1 is 0.957 bits per heavy atom. The first-order valence-corrected chi connectivity index (χ1v) is 7.90. The highest BCUT2D eigenvalue weighted by molar-refractivity contribution is 7.19. The highest BCUT2D eigenvalue weighted by atomic mass is 32.1. The van der Waals surface area contributed by atoms with Crippen LogP contribution in [0.15, 0.2) is 36.4 Å². The van der Waals surface area contributed by atoms with Crippen LogP contribution >= 0.6 is 11.3 Å². The van der Waals surface area contributed by atoms with E-state index in [1.54, 1.807) is 32.7 Å². The lowest BCUT2D eigenvalue weighted by Gasteiger charge is -2.09. The molecule has 0 fully saturated rings. The molecule has 118 valence electrons. The molecule has 0 saturated carbocycles. The van der Waals surface area contributed by atoms with Gasteiger partial charge in [-0.15, -0.1) is 11.3 Å². The van der Waals surface area contributed by atoms with Gasteiger partial charge in [-0.25, -0.2) is 4.98 Å². The summed E-state index contributed by atoms with van der Waals surface area (Å²) in [6, 6.07) is 11.7. The first-order chi connectivity index (χ1) is 11.2. The molecule has 0 aliphatic carbocycles. The Bertz CT molecular complexity index is 855. The molecule has 0 radical (unpaired) electrons. The van der Waals surface area contributed by atoms with Crippen LogP contribution < -0.4 is 14.2 Å². The lowest BCUT2D eigenvalue weighted by molar-refractivity contribution is 0.354. The zero-order valence-electron chi connectivity index (χ0n) is 13.2. The SMILES string of the molecule is COc1ccc2nc(/C=C/c3cccc(OC)c3OC)sc2c1. The normalized spacial score (nSPS) is 11.1. The Morgan fingerprint density at radius 3 is 2.57 bits per heavy atom. The smallest absolute Gasteiger partial charge is 0.167 e. The third-order valence-corrected chi connectivity index (χ3v) is 4.43. The van der Waals surface area contributed by atoms with Gasteiger partial charge in [0.15, 0.2) is 11.5 Å². The summed E-state index contributed by atoms with van der Waals surface area (Å²) in [7, 11) is 4.93. The maximum atomic E-state index is 5.44. The molecule has 0 amide bonds. The van der Waals surface area contributed by atoms with Crippen LogP contribution in [0, 0.1) is 0 Å². The van der Waals surface area contributed by atoms with Crippen LogP contribution in [-0.2, 0) is 0 Å². The van der Waals surface area contributed by atoms with Gasteiger partial charge in [-0.1, -0.05) is 12.1 Å². The summed E-state index contributed by atoms with van der Waals surface area (Å²) in [5, 5.41) is 0.929. The second kappa shape index (κ2) is 6.71. The van der Waals surface area contributed by atoms with Crippen molar-refractivity contribution in [3.63, 3.8) is 0 Å². The Hall–Kier alpha value is -2.53. The molecule has 0 aliphatic rings. The van der Waals surface area contributed by atoms with Gasteiger partial charge in [0.25, 0.3) is 0 Å². The van der Waals surface area contributed by atoms with Gasteiger partial charge in [0.05, 0.1) is 31.5 Å². The van der Waals surface area contributed by atoms with E-state index in [-0.39, 0.29) is 0 Å². The topological polar surface area (TPSA) is 40.6 Å². The number of thiazole rings is 1. The third-order valence-electron chi connectivity index (χ3n) is 3.45. The summed E-state index contributed by atoms with van der Waals surface area (Å²) in [6.45, 7) is 0. The fourth-order valence-corrected chi connectivity index (χ4v) is 3.22. The molecule has 1 heterocycles. The van der Waals surface area contributed by atoms with Gasteiger partial charge in [-0.2, -0.15) is 0 Å². The zero-order valence-corrected chi connectivity index (χ0v) is 14.0. The van der Waals surface area contributed by atoms with Crippen molar-refractivity contribution in [3.05, 3.63) is 47.0 Å². The summed E-state index contributed by atoms with van der Waals surface area (Å²) in [5.74, 6) is 2.27. The van der Waals surface area contributed by atoms with Crippen LogP contribution in [0.2, 0.25) is 0 Å². The average Bonchev–Trinajstić information content (AvgIpc) is 3.01. The average molecular weight is 327 g/mol. The third kappa shape index (κ3) is 3.14. The van der Waals surface area contributed by atoms with Gasteiger partial charge in [0.2, 0.25) is 0 Å². The van der Waals surface area contributed by atoms with Crippen LogP contribution in [-0.4, -0.2) is 26.3 Å². The number of nitrogens with zero attached hydrogens (tertiary/aromatic N) is 1. The lowest BCUT2D eigenvalue weighted by atomic mass is 10.1. The molecule has 3 aromatic rings. The minimum atomic E-state index is 0.712. The number of hydrogen-bond donors (Lipinski definition) is 0. The van der Waals surface area contributed by atoms with Crippen molar-refractivity contribution >= 4 is 33.7 Å². The van der Waals surface area contributed by atoms with E-state index in [2.05, 4.69) is 4.98 Å². The largest absolute Gasteiger partial charge is 0.497 e. The van der Waals surface area contributed by atoms with Crippen molar-refractivity contribution in [1.29, 1.82) is 0 Å². The van der Waals surface area contributed by atoms with E-state index in [0.29, 0.717) is 11.5 Å². The highest BCUT2D eigenvalue weighted by Gasteiger charge is 2.07. The molecule has 1 aromatic heterocycles. The van der Waals surface area contributed by atoms with Gasteiger partial charge in [0, 0.05) is 5.56 Å². The number of aromatic nitrogens is 1. The molecular weight excluding hydrogens is 310 g/mol. The van der Waals surface area contributed by atoms with Crippen molar-refractivity contribution in [2.24, 2.45) is 0 Å². The fraction of sp³-hybridized carbons (Fsp3) is 0.167. The predicted octanol–water partition coefficient (Wildman–Crippen LogP) is 4.49. The Morgan fingerprint density at radius 2 is 1.83 bits per heavy atom. The summed E-state index contributed by atoms with van der Waals surface area (Å²) >= 11 is 1.62. The van der Waals surface area contributed by atoms with Gasteiger partial charge in [-0.05, 0) is 36.4 Å². The molecule has 2 aromatic carbocycles. The summed E-state index contributed by atoms with van der Waals surface area (Å²) in [6.07, 6.45) is 3.96. The van der Waals surface area contributed by atoms with Crippen molar-refractivity contribution in [3.8, 4) is 17.2 Å². The lowest BCUT2D eigenvalue weighted by Crippen LogP contribution is -1.92. The standard InChI is InChI=1S/C18H17NO3S/c1-20-13-8-9-14-16(11-13)23-17(19-14)10-7-12-5-4-6-15(21-2)18(12)22-3/h4-11H,1-3H3/b10-7+. The van der Waals surface area contributed by atoms with E-state index >= 15 is 0 Å². The molecule has 3 rings (SSSR count). The van der Waals surface area contributed by atoms with E-state index < -0.39 is 0 Å². The first kappa shape index (κ1) is 15.4. The van der Waals surface area contributed by atoms with E-state index in [1.165, 1.54) is 0 Å². The Kier molecular flexibility index (Phi) is 4.48. The second-order valence-electron chi connectivity index (χ2n) is 4.80. The highest BCUT2D eigenvalue weighted by Crippen LogP contribution is 2.33. The number of methoxy groups -OCH3 is 3. The summed E-state index contributed by atoms with van der Waals surface area (Å²) in [4.78, 5) is 4.61. The van der Waals surface area contributed by atoms with Gasteiger partial charge < -0.3 is 14.2 Å². The van der Waals surface area contributed by atoms with E-state index in [0.717, 1.165) is 26.5 Å². The van der Waals surface area contributed by atoms with Crippen LogP contribution in [0.1, 0.15) is 10.6 Å². The van der Waals surface area contributed by atoms with Crippen molar-refractivity contribution in [1.82, 2.24) is 4.98 Å². The van der Waals surface area contributed by atoms with Crippen molar-refractivity contribution in [2.45, 2.75) is 0 Å². The number of rotatable bonds is 5. The molecular formula is C18H17NO3S. The number of fused-ring (bicyclic) bond motifs is 1. The molecule has 23 heavy (non-hydrogen) atoms. The maximum Gasteiger partial charge on any atom is 0.167 e. The molecule has 0 aliphatic heterocycles. The second-order valence-corrected chi connectivity index (χ2v) is 5.86. The first-order valence-electron chi connectivity index (χ1n) is 7.09. The molecule has 0 spiro atoms. The number of para-hydroxylation sites is 1. The molecule has 5 heteroatoms. The van der Waals surface area contributed by atoms with Crippen LogP contribution in [0.25, 0.3) is 22.4 Å². The quantitative estimate of drug-likeness (QED) is 0.692. The summed E-state index contributed by atoms with van der Waals surface area (Å²) in [5.41, 5.74) is 1.91. The minimum absolute atomic E-state index is 0.712. The number of benzene rings is 2. The molecule has 0 saturated heterocycles. The molecule has 0 unspecified atom stereocenters. The molecule has 0 N–H and O–H groups in total. The van der Waals surface area contributed by atoms with Crippen LogP contribution in [0.3, 0.4) is 0 Å². The van der Waals surface area contributed by atoms with Crippen molar-refractivity contribution < 1.29 is 14.2 Å². The summed E-state index contributed by atoms with van der Waals surface area (Å²) < 4.78 is 17.1. The Labute approximate surface area is 139 Å². The van der Waals surface area contributed by atoms with E-state index in [4.69, 9.17) is 14.2 Å². The van der Waals surface area contributed by atoms with Crippen LogP contribution in [0.4, 0.5) is 0 Å². The van der Waals surface area contributed by atoms with E-state index in [1.807, 2.05) is 48.6 Å². The fourth-order valence-electron chi connectivity index (χ4n) is 2.33. The number of hydrogen-bond acceptors (Lipinski definition) is 5. The van der Waals surface area contributed by atoms with Crippen molar-refractivity contribution in [2.75, 3.05) is 21.3 Å². The molecule has 0 bridgehead atoms. The number of ether oxygens (including phenoxy) is 3. The maximum absolute atomic E-state index is 5.44. The predicted molar refractivity (Wildman–Crippen MR) is 94.6 cm³/mol. The molecule has 0 atom stereocenters. The van der Waals surface area contributed by atoms with Crippen LogP contribution in [0.5, 0.6) is 17.2 Å². The monoisotopic (exact) mass is 327 g/mol. The van der Waals surface area contributed by atoms with E-state index in [9.17, 15) is 0 Å². The van der Waals surface area contributed by atoms with Gasteiger partial charge in [0.1, 0.15) is 10.8 Å². The zero-order chi connectivity index (χ0) is 16.2. The van der Waals surface area contributed by atoms with Gasteiger partial charge >= 0.3 is 0 Å². The molecule has 4 nitrogen and oxygen atoms in total. The Balaban J connectivity index is 1.94. The van der Waals surface area contributed by atoms with Gasteiger partial charge in [-0.3, -0.25) is 0 Å².